The summed E-state index contributed by atoms with van der Waals surface area (Å²) in [6.07, 6.45) is 0. The number of aliphatic hydroxyl groups is 2. The van der Waals surface area contributed by atoms with Gasteiger partial charge in [0.2, 0.25) is 0 Å². The highest BCUT2D eigenvalue weighted by molar-refractivity contribution is 7.91. The number of amides is 1. The summed E-state index contributed by atoms with van der Waals surface area (Å²) in [4.78, 5) is 33.9. The van der Waals surface area contributed by atoms with Gasteiger partial charge in [-0.1, -0.05) is 18.2 Å². The Bertz CT molecular complexity index is 3310. The molecule has 3 unspecified atom stereocenters. The van der Waals surface area contributed by atoms with Crippen molar-refractivity contribution in [2.75, 3.05) is 25.2 Å². The fourth-order valence-corrected chi connectivity index (χ4v) is 10.8. The molecule has 3 atom stereocenters. The van der Waals surface area contributed by atoms with E-state index in [9.17, 15) is 41.4 Å². The van der Waals surface area contributed by atoms with Crippen LogP contribution in [0.25, 0.3) is 0 Å². The summed E-state index contributed by atoms with van der Waals surface area (Å²) in [5.74, 6) is -0.935. The van der Waals surface area contributed by atoms with Gasteiger partial charge in [-0.15, -0.1) is 12.6 Å². The Morgan fingerprint density at radius 3 is 1.16 bits per heavy atom. The van der Waals surface area contributed by atoms with Gasteiger partial charge < -0.3 is 39.0 Å². The Kier molecular flexibility index (Phi) is 21.2. The number of carboxylic acids is 1. The number of nitrogens with one attached hydrogen (secondary N) is 1. The Hall–Kier alpha value is -6.78. The second kappa shape index (κ2) is 26.0. The van der Waals surface area contributed by atoms with Gasteiger partial charge in [0, 0.05) is 4.90 Å². The second-order valence-electron chi connectivity index (χ2n) is 19.2. The number of hydrogen-bond donors (Lipinski definition) is 6. The van der Waals surface area contributed by atoms with Crippen LogP contribution in [0.3, 0.4) is 0 Å². The van der Waals surface area contributed by atoms with E-state index in [0.29, 0.717) is 40.7 Å². The molecule has 0 bridgehead atoms. The molecule has 0 radical (unpaired) electrons. The molecular weight excluding hydrogens is 1050 g/mol. The molecule has 77 heavy (non-hydrogen) atoms. The largest absolute Gasteiger partial charge is 0.479 e. The predicted octanol–water partition coefficient (Wildman–Crippen LogP) is 9.78. The zero-order valence-electron chi connectivity index (χ0n) is 45.0. The number of esters is 1. The molecule has 7 rings (SSSR count). The quantitative estimate of drug-likeness (QED) is 0.0184. The van der Waals surface area contributed by atoms with Gasteiger partial charge in [-0.05, 0) is 218 Å². The van der Waals surface area contributed by atoms with Crippen molar-refractivity contribution in [2.24, 2.45) is 0 Å². The monoisotopic (exact) mass is 1120 g/mol. The number of thiol groups is 1. The molecule has 1 aliphatic heterocycles. The average molecular weight is 1120 g/mol. The number of hydrogen-bond acceptors (Lipinski definition) is 16. The van der Waals surface area contributed by atoms with E-state index in [1.807, 2.05) is 100 Å². The van der Waals surface area contributed by atoms with Crippen LogP contribution in [0.4, 0.5) is 0 Å². The molecule has 6 aromatic rings. The molecule has 1 saturated heterocycles. The molecule has 1 amide bonds. The van der Waals surface area contributed by atoms with Gasteiger partial charge in [0.25, 0.3) is 5.91 Å². The predicted molar refractivity (Wildman–Crippen MR) is 293 cm³/mol. The smallest absolute Gasteiger partial charge is 0.340 e. The molecule has 1 fully saturated rings. The highest BCUT2D eigenvalue weighted by Gasteiger charge is 2.48. The maximum Gasteiger partial charge on any atom is 0.340 e. The summed E-state index contributed by atoms with van der Waals surface area (Å²) < 4.78 is 76.5. The van der Waals surface area contributed by atoms with Crippen molar-refractivity contribution in [3.8, 4) is 34.5 Å². The minimum absolute atomic E-state index is 0.0269. The number of carbonyl (C=O) groups excluding carboxylic acids is 2. The number of carbonyl (C=O) groups is 3. The van der Waals surface area contributed by atoms with Crippen LogP contribution in [-0.4, -0.2) is 97.2 Å². The Labute approximate surface area is 456 Å². The van der Waals surface area contributed by atoms with E-state index in [2.05, 4.69) is 37.3 Å². The fourth-order valence-electron chi connectivity index (χ4n) is 6.91. The first kappa shape index (κ1) is 62.8. The topological polar surface area (TPSA) is 262 Å². The van der Waals surface area contributed by atoms with Crippen molar-refractivity contribution in [3.63, 3.8) is 0 Å². The summed E-state index contributed by atoms with van der Waals surface area (Å²) in [5, 5.41) is 37.3. The number of rotatable bonds is 15. The van der Waals surface area contributed by atoms with Gasteiger partial charge in [-0.3, -0.25) is 10.0 Å². The molecule has 0 aromatic heterocycles. The molecule has 414 valence electrons. The van der Waals surface area contributed by atoms with Gasteiger partial charge in [0.15, 0.2) is 36.5 Å². The molecule has 6 aromatic carbocycles. The van der Waals surface area contributed by atoms with Gasteiger partial charge >= 0.3 is 11.9 Å². The minimum atomic E-state index is -3.98. The highest BCUT2D eigenvalue weighted by atomic mass is 32.2. The molecule has 0 aliphatic carbocycles. The third-order valence-electron chi connectivity index (χ3n) is 12.1. The van der Waals surface area contributed by atoms with Crippen LogP contribution < -0.4 is 19.7 Å². The van der Waals surface area contributed by atoms with Crippen LogP contribution in [0.15, 0.2) is 130 Å². The van der Waals surface area contributed by atoms with Crippen LogP contribution in [0, 0.1) is 55.4 Å². The molecular formula is C57H67NO16S3. The lowest BCUT2D eigenvalue weighted by Gasteiger charge is -2.21. The van der Waals surface area contributed by atoms with E-state index < -0.39 is 59.9 Å². The van der Waals surface area contributed by atoms with Crippen molar-refractivity contribution >= 4 is 50.1 Å². The molecule has 0 saturated carbocycles. The summed E-state index contributed by atoms with van der Waals surface area (Å²) in [6.45, 7) is 19.5. The van der Waals surface area contributed by atoms with Crippen LogP contribution >= 0.6 is 12.6 Å². The third kappa shape index (κ3) is 18.2. The number of methoxy groups -OCH3 is 1. The molecule has 1 aliphatic rings. The first-order chi connectivity index (χ1) is 35.7. The van der Waals surface area contributed by atoms with E-state index in [1.54, 1.807) is 32.9 Å². The number of carboxylic acid groups (broad SMARTS) is 1. The number of epoxide rings is 1. The van der Waals surface area contributed by atoms with Gasteiger partial charge in [-0.25, -0.2) is 31.9 Å². The summed E-state index contributed by atoms with van der Waals surface area (Å²) >= 11 is 4.23. The SMILES string of the molecule is COC(=O)C1(C)CO1.Cc1ccc(Oc2ccc(S(=O)(=O)CC(C)(O)C(=O)NO)c(C)c2)cc1C.Cc1ccc(Oc2ccc(S(=O)(=O)CC(C)(O)C(=O)O)c(C)c2)cc1C.Cc1ccc(Oc2ccc(S)cc2)cc1C. The summed E-state index contributed by atoms with van der Waals surface area (Å²) in [7, 11) is -6.61. The van der Waals surface area contributed by atoms with Gasteiger partial charge in [0.1, 0.15) is 34.5 Å². The van der Waals surface area contributed by atoms with Crippen LogP contribution in [0.1, 0.15) is 65.3 Å². The van der Waals surface area contributed by atoms with Gasteiger partial charge in [-0.2, -0.15) is 0 Å². The Balaban J connectivity index is 0.000000237. The van der Waals surface area contributed by atoms with Crippen molar-refractivity contribution in [1.29, 1.82) is 0 Å². The zero-order chi connectivity index (χ0) is 57.8. The molecule has 1 heterocycles. The third-order valence-corrected chi connectivity index (χ3v) is 16.6. The number of hydroxylamine groups is 1. The van der Waals surface area contributed by atoms with Crippen molar-refractivity contribution < 1.29 is 75.4 Å². The van der Waals surface area contributed by atoms with E-state index in [-0.39, 0.29) is 15.8 Å². The van der Waals surface area contributed by atoms with Crippen LogP contribution in [-0.2, 0) is 43.5 Å². The Morgan fingerprint density at radius 1 is 0.558 bits per heavy atom. The number of aliphatic carboxylic acids is 1. The van der Waals surface area contributed by atoms with Gasteiger partial charge in [0.05, 0.1) is 35.0 Å². The summed E-state index contributed by atoms with van der Waals surface area (Å²) in [5.41, 5.74) is 3.80. The lowest BCUT2D eigenvalue weighted by Crippen LogP contribution is -2.48. The first-order valence-corrected chi connectivity index (χ1v) is 27.5. The summed E-state index contributed by atoms with van der Waals surface area (Å²) in [6, 6.07) is 33.9. The number of ether oxygens (including phenoxy) is 5. The number of benzene rings is 6. The van der Waals surface area contributed by atoms with Crippen LogP contribution in [0.5, 0.6) is 34.5 Å². The molecule has 0 spiro atoms. The maximum absolute atomic E-state index is 12.6. The molecule has 5 N–H and O–H groups in total. The minimum Gasteiger partial charge on any atom is -0.479 e. The second-order valence-corrected chi connectivity index (χ2v) is 23.6. The van der Waals surface area contributed by atoms with Crippen molar-refractivity contribution in [1.82, 2.24) is 5.48 Å². The fraction of sp³-hybridized carbons (Fsp3) is 0.316. The normalized spacial score (nSPS) is 15.2. The van der Waals surface area contributed by atoms with Crippen molar-refractivity contribution in [3.05, 3.63) is 160 Å². The average Bonchev–Trinajstić information content (AvgIpc) is 4.10. The highest BCUT2D eigenvalue weighted by Crippen LogP contribution is 2.32. The number of sulfone groups is 2. The Morgan fingerprint density at radius 2 is 0.870 bits per heavy atom. The first-order valence-electron chi connectivity index (χ1n) is 23.8. The van der Waals surface area contributed by atoms with Crippen molar-refractivity contribution in [2.45, 2.75) is 108 Å². The number of aryl methyl sites for hydroxylation is 8. The van der Waals surface area contributed by atoms with E-state index in [4.69, 9.17) is 29.3 Å². The maximum atomic E-state index is 12.6. The lowest BCUT2D eigenvalue weighted by molar-refractivity contribution is -0.154. The van der Waals surface area contributed by atoms with Crippen LogP contribution in [0.2, 0.25) is 0 Å². The van der Waals surface area contributed by atoms with E-state index in [0.717, 1.165) is 52.5 Å². The van der Waals surface area contributed by atoms with E-state index >= 15 is 0 Å². The van der Waals surface area contributed by atoms with E-state index in [1.165, 1.54) is 48.0 Å². The zero-order valence-corrected chi connectivity index (χ0v) is 47.6. The standard InChI is InChI=1S/C19H23NO6S.C19H22O6S.C14H14OS.C5H8O3/c1-12-5-6-15(9-13(12)2)26-16-7-8-17(14(3)10-16)27(24,25)11-19(4,22)18(21)20-23;1-12-5-6-15(9-13(12)2)25-16-7-8-17(14(3)10-16)26(23,24)11-19(4,22)18(20)21;1-10-3-4-13(9-11(10)2)15-12-5-7-14(16)8-6-12;1-5(3-8-5)4(6)7-2/h5-10,22-23H,11H2,1-4H3,(H,20,21);5-10,22H,11H2,1-4H3,(H,20,21);3-9,16H,1-2H3;3H2,1-2H3. The molecule has 17 nitrogen and oxygen atoms in total. The molecule has 20 heteroatoms. The lowest BCUT2D eigenvalue weighted by atomic mass is 10.1.